The molecule has 76 valence electrons. The van der Waals surface area contributed by atoms with Crippen molar-refractivity contribution in [1.82, 2.24) is 4.98 Å². The van der Waals surface area contributed by atoms with Gasteiger partial charge in [-0.2, -0.15) is 0 Å². The standard InChI is InChI=1S/C10H14N2O2/c1-7(11)9-3-2-4-12-10(9)14-8-5-13-6-8/h2-4,7-8H,5-6,11H2,1H3. The molecule has 14 heavy (non-hydrogen) atoms. The largest absolute Gasteiger partial charge is 0.469 e. The second-order valence-electron chi connectivity index (χ2n) is 3.46. The van der Waals surface area contributed by atoms with Gasteiger partial charge in [0.1, 0.15) is 6.10 Å². The molecule has 0 aromatic carbocycles. The molecule has 0 bridgehead atoms. The molecule has 1 saturated heterocycles. The highest BCUT2D eigenvalue weighted by atomic mass is 16.6. The molecule has 0 amide bonds. The maximum Gasteiger partial charge on any atom is 0.218 e. The van der Waals surface area contributed by atoms with Gasteiger partial charge < -0.3 is 15.2 Å². The number of nitrogens with zero attached hydrogens (tertiary/aromatic N) is 1. The topological polar surface area (TPSA) is 57.4 Å². The van der Waals surface area contributed by atoms with Crippen LogP contribution in [-0.4, -0.2) is 24.3 Å². The van der Waals surface area contributed by atoms with Crippen molar-refractivity contribution in [1.29, 1.82) is 0 Å². The van der Waals surface area contributed by atoms with E-state index in [0.29, 0.717) is 19.1 Å². The minimum atomic E-state index is -0.0558. The van der Waals surface area contributed by atoms with E-state index in [4.69, 9.17) is 15.2 Å². The molecular weight excluding hydrogens is 180 g/mol. The number of hydrogen-bond donors (Lipinski definition) is 1. The highest BCUT2D eigenvalue weighted by Crippen LogP contribution is 2.22. The van der Waals surface area contributed by atoms with Crippen molar-refractivity contribution < 1.29 is 9.47 Å². The number of rotatable bonds is 3. The van der Waals surface area contributed by atoms with E-state index < -0.39 is 0 Å². The average molecular weight is 194 g/mol. The third-order valence-electron chi connectivity index (χ3n) is 2.18. The Morgan fingerprint density at radius 2 is 2.43 bits per heavy atom. The minimum Gasteiger partial charge on any atom is -0.469 e. The van der Waals surface area contributed by atoms with E-state index in [0.717, 1.165) is 5.56 Å². The molecule has 1 aromatic rings. The van der Waals surface area contributed by atoms with E-state index in [2.05, 4.69) is 4.98 Å². The molecule has 2 heterocycles. The molecular formula is C10H14N2O2. The van der Waals surface area contributed by atoms with Crippen LogP contribution in [0.2, 0.25) is 0 Å². The fraction of sp³-hybridized carbons (Fsp3) is 0.500. The minimum absolute atomic E-state index is 0.0558. The second kappa shape index (κ2) is 3.94. The summed E-state index contributed by atoms with van der Waals surface area (Å²) in [7, 11) is 0. The summed E-state index contributed by atoms with van der Waals surface area (Å²) in [6, 6.07) is 3.75. The summed E-state index contributed by atoms with van der Waals surface area (Å²) in [5.74, 6) is 0.635. The van der Waals surface area contributed by atoms with Gasteiger partial charge in [0.05, 0.1) is 13.2 Å². The summed E-state index contributed by atoms with van der Waals surface area (Å²) in [5, 5.41) is 0. The zero-order valence-corrected chi connectivity index (χ0v) is 8.14. The lowest BCUT2D eigenvalue weighted by molar-refractivity contribution is -0.0817. The number of hydrogen-bond acceptors (Lipinski definition) is 4. The van der Waals surface area contributed by atoms with Crippen LogP contribution in [0.4, 0.5) is 0 Å². The van der Waals surface area contributed by atoms with Crippen LogP contribution in [-0.2, 0) is 4.74 Å². The van der Waals surface area contributed by atoms with Gasteiger partial charge in [-0.3, -0.25) is 0 Å². The predicted octanol–water partition coefficient (Wildman–Crippen LogP) is 0.879. The lowest BCUT2D eigenvalue weighted by Crippen LogP contribution is -2.39. The highest BCUT2D eigenvalue weighted by Gasteiger charge is 2.22. The molecule has 4 nitrogen and oxygen atoms in total. The van der Waals surface area contributed by atoms with Crippen LogP contribution >= 0.6 is 0 Å². The van der Waals surface area contributed by atoms with Gasteiger partial charge in [0.2, 0.25) is 5.88 Å². The van der Waals surface area contributed by atoms with Crippen LogP contribution in [0.15, 0.2) is 18.3 Å². The van der Waals surface area contributed by atoms with Crippen molar-refractivity contribution in [3.8, 4) is 5.88 Å². The van der Waals surface area contributed by atoms with Gasteiger partial charge in [-0.05, 0) is 13.0 Å². The van der Waals surface area contributed by atoms with Crippen LogP contribution in [0.25, 0.3) is 0 Å². The summed E-state index contributed by atoms with van der Waals surface area (Å²) >= 11 is 0. The molecule has 2 rings (SSSR count). The smallest absolute Gasteiger partial charge is 0.218 e. The van der Waals surface area contributed by atoms with Gasteiger partial charge in [0.15, 0.2) is 0 Å². The zero-order chi connectivity index (χ0) is 9.97. The summed E-state index contributed by atoms with van der Waals surface area (Å²) in [6.45, 7) is 3.21. The van der Waals surface area contributed by atoms with Gasteiger partial charge >= 0.3 is 0 Å². The van der Waals surface area contributed by atoms with E-state index in [1.807, 2.05) is 19.1 Å². The Balaban J connectivity index is 2.13. The molecule has 1 atom stereocenters. The normalized spacial score (nSPS) is 18.7. The van der Waals surface area contributed by atoms with Gasteiger partial charge in [-0.15, -0.1) is 0 Å². The number of nitrogens with two attached hydrogens (primary N) is 1. The van der Waals surface area contributed by atoms with Crippen molar-refractivity contribution >= 4 is 0 Å². The Hall–Kier alpha value is -1.13. The fourth-order valence-corrected chi connectivity index (χ4v) is 1.29. The molecule has 2 N–H and O–H groups in total. The van der Waals surface area contributed by atoms with E-state index >= 15 is 0 Å². The summed E-state index contributed by atoms with van der Waals surface area (Å²) in [4.78, 5) is 4.16. The number of ether oxygens (including phenoxy) is 2. The summed E-state index contributed by atoms with van der Waals surface area (Å²) < 4.78 is 10.7. The first-order valence-corrected chi connectivity index (χ1v) is 4.72. The first-order chi connectivity index (χ1) is 6.77. The molecule has 0 aliphatic carbocycles. The molecule has 0 saturated carbocycles. The quantitative estimate of drug-likeness (QED) is 0.776. The van der Waals surface area contributed by atoms with Gasteiger partial charge in [-0.25, -0.2) is 4.98 Å². The van der Waals surface area contributed by atoms with Gasteiger partial charge in [0.25, 0.3) is 0 Å². The van der Waals surface area contributed by atoms with Crippen molar-refractivity contribution in [2.75, 3.05) is 13.2 Å². The Labute approximate surface area is 83.0 Å². The maximum atomic E-state index is 5.80. The first-order valence-electron chi connectivity index (χ1n) is 4.72. The Kier molecular flexibility index (Phi) is 2.65. The molecule has 1 aromatic heterocycles. The maximum absolute atomic E-state index is 5.80. The molecule has 1 unspecified atom stereocenters. The molecule has 0 radical (unpaired) electrons. The Morgan fingerprint density at radius 1 is 1.64 bits per heavy atom. The van der Waals surface area contributed by atoms with E-state index in [-0.39, 0.29) is 12.1 Å². The summed E-state index contributed by atoms with van der Waals surface area (Å²) in [5.41, 5.74) is 6.74. The lowest BCUT2D eigenvalue weighted by Gasteiger charge is -2.27. The molecule has 1 fully saturated rings. The monoisotopic (exact) mass is 194 g/mol. The average Bonchev–Trinajstić information content (AvgIpc) is 2.12. The predicted molar refractivity (Wildman–Crippen MR) is 52.1 cm³/mol. The fourth-order valence-electron chi connectivity index (χ4n) is 1.29. The molecule has 0 spiro atoms. The zero-order valence-electron chi connectivity index (χ0n) is 8.14. The highest BCUT2D eigenvalue weighted by molar-refractivity contribution is 5.28. The van der Waals surface area contributed by atoms with Crippen molar-refractivity contribution in [2.24, 2.45) is 5.73 Å². The van der Waals surface area contributed by atoms with Crippen molar-refractivity contribution in [2.45, 2.75) is 19.1 Å². The van der Waals surface area contributed by atoms with Crippen LogP contribution in [0.5, 0.6) is 5.88 Å². The SMILES string of the molecule is CC(N)c1cccnc1OC1COC1. The third-order valence-corrected chi connectivity index (χ3v) is 2.18. The van der Waals surface area contributed by atoms with E-state index in [9.17, 15) is 0 Å². The van der Waals surface area contributed by atoms with Crippen LogP contribution in [0.3, 0.4) is 0 Å². The van der Waals surface area contributed by atoms with Crippen molar-refractivity contribution in [3.05, 3.63) is 23.9 Å². The number of pyridine rings is 1. The summed E-state index contributed by atoms with van der Waals surface area (Å²) in [6.07, 6.45) is 1.85. The lowest BCUT2D eigenvalue weighted by atomic mass is 10.1. The van der Waals surface area contributed by atoms with Crippen LogP contribution in [0, 0.1) is 0 Å². The second-order valence-corrected chi connectivity index (χ2v) is 3.46. The molecule has 1 aliphatic heterocycles. The Bertz CT molecular complexity index is 311. The number of aromatic nitrogens is 1. The van der Waals surface area contributed by atoms with Crippen molar-refractivity contribution in [3.63, 3.8) is 0 Å². The molecule has 1 aliphatic rings. The van der Waals surface area contributed by atoms with E-state index in [1.165, 1.54) is 0 Å². The molecule has 4 heteroatoms. The van der Waals surface area contributed by atoms with Crippen LogP contribution in [0.1, 0.15) is 18.5 Å². The van der Waals surface area contributed by atoms with E-state index in [1.54, 1.807) is 6.20 Å². The van der Waals surface area contributed by atoms with Gasteiger partial charge in [-0.1, -0.05) is 6.07 Å². The van der Waals surface area contributed by atoms with Crippen LogP contribution < -0.4 is 10.5 Å². The first kappa shape index (κ1) is 9.43. The third kappa shape index (κ3) is 1.86. The Morgan fingerprint density at radius 3 is 3.00 bits per heavy atom. The van der Waals surface area contributed by atoms with Gasteiger partial charge in [0, 0.05) is 17.8 Å².